The molecule has 1 amide bonds. The lowest BCUT2D eigenvalue weighted by molar-refractivity contribution is -0.0704. The van der Waals surface area contributed by atoms with Crippen molar-refractivity contribution < 1.29 is 9.53 Å². The van der Waals surface area contributed by atoms with E-state index >= 15 is 0 Å². The molecule has 0 saturated carbocycles. The second kappa shape index (κ2) is 8.01. The molecular weight excluding hydrogens is 328 g/mol. The molecule has 3 rings (SSSR count). The maximum Gasteiger partial charge on any atom is 0.255 e. The van der Waals surface area contributed by atoms with Gasteiger partial charge >= 0.3 is 0 Å². The van der Waals surface area contributed by atoms with E-state index in [0.717, 1.165) is 30.9 Å². The predicted octanol–water partition coefficient (Wildman–Crippen LogP) is 2.27. The van der Waals surface area contributed by atoms with E-state index in [1.807, 2.05) is 14.0 Å². The summed E-state index contributed by atoms with van der Waals surface area (Å²) < 4.78 is 7.49. The van der Waals surface area contributed by atoms with Crippen LogP contribution in [0.25, 0.3) is 0 Å². The molecule has 2 aromatic rings. The van der Waals surface area contributed by atoms with Crippen molar-refractivity contribution in [3.63, 3.8) is 0 Å². The summed E-state index contributed by atoms with van der Waals surface area (Å²) in [5.41, 5.74) is 3.86. The van der Waals surface area contributed by atoms with Crippen molar-refractivity contribution in [1.82, 2.24) is 20.0 Å². The van der Waals surface area contributed by atoms with Crippen molar-refractivity contribution >= 4 is 5.91 Å². The van der Waals surface area contributed by atoms with Crippen LogP contribution in [0.15, 0.2) is 30.5 Å². The third kappa shape index (κ3) is 4.51. The number of morpholine rings is 1. The zero-order valence-corrected chi connectivity index (χ0v) is 16.0. The van der Waals surface area contributed by atoms with Crippen LogP contribution in [-0.2, 0) is 24.9 Å². The van der Waals surface area contributed by atoms with E-state index in [4.69, 9.17) is 4.74 Å². The van der Waals surface area contributed by atoms with Crippen LogP contribution in [-0.4, -0.2) is 45.9 Å². The minimum absolute atomic E-state index is 0.0871. The largest absolute Gasteiger partial charge is 0.373 e. The van der Waals surface area contributed by atoms with Gasteiger partial charge in [-0.3, -0.25) is 14.4 Å². The molecule has 0 spiro atoms. The van der Waals surface area contributed by atoms with Crippen LogP contribution in [0.3, 0.4) is 0 Å². The molecule has 140 valence electrons. The molecule has 0 bridgehead atoms. The summed E-state index contributed by atoms with van der Waals surface area (Å²) >= 11 is 0. The maximum absolute atomic E-state index is 12.3. The van der Waals surface area contributed by atoms with Crippen LogP contribution in [0.5, 0.6) is 0 Å². The normalized spacial score (nSPS) is 20.9. The third-order valence-electron chi connectivity index (χ3n) is 4.86. The lowest BCUT2D eigenvalue weighted by Gasteiger charge is -2.35. The first kappa shape index (κ1) is 18.6. The smallest absolute Gasteiger partial charge is 0.255 e. The van der Waals surface area contributed by atoms with Gasteiger partial charge in [-0.05, 0) is 31.9 Å². The Bertz CT molecular complexity index is 744. The summed E-state index contributed by atoms with van der Waals surface area (Å²) in [6.45, 7) is 9.51. The highest BCUT2D eigenvalue weighted by Gasteiger charge is 2.22. The van der Waals surface area contributed by atoms with Gasteiger partial charge in [-0.2, -0.15) is 5.10 Å². The first-order valence-electron chi connectivity index (χ1n) is 9.15. The molecule has 26 heavy (non-hydrogen) atoms. The molecule has 0 unspecified atom stereocenters. The third-order valence-corrected chi connectivity index (χ3v) is 4.86. The van der Waals surface area contributed by atoms with E-state index in [1.165, 1.54) is 5.56 Å². The summed E-state index contributed by atoms with van der Waals surface area (Å²) in [7, 11) is 1.83. The number of hydrogen-bond acceptors (Lipinski definition) is 4. The molecule has 2 heterocycles. The molecule has 1 aromatic carbocycles. The lowest BCUT2D eigenvalue weighted by Crippen LogP contribution is -2.44. The number of carbonyl (C=O) groups excluding carboxylic acids is 1. The number of aryl methyl sites for hydroxylation is 1. The number of nitrogens with zero attached hydrogens (tertiary/aromatic N) is 3. The van der Waals surface area contributed by atoms with Crippen molar-refractivity contribution in [2.24, 2.45) is 7.05 Å². The summed E-state index contributed by atoms with van der Waals surface area (Å²) in [6.07, 6.45) is 2.17. The van der Waals surface area contributed by atoms with Crippen molar-refractivity contribution in [3.05, 3.63) is 52.8 Å². The molecule has 0 radical (unpaired) electrons. The summed E-state index contributed by atoms with van der Waals surface area (Å²) in [6, 6.07) is 8.45. The van der Waals surface area contributed by atoms with E-state index in [2.05, 4.69) is 53.4 Å². The van der Waals surface area contributed by atoms with Crippen molar-refractivity contribution in [2.45, 2.75) is 46.1 Å². The lowest BCUT2D eigenvalue weighted by atomic mass is 10.1. The van der Waals surface area contributed by atoms with E-state index in [0.29, 0.717) is 12.1 Å². The van der Waals surface area contributed by atoms with E-state index in [9.17, 15) is 4.79 Å². The zero-order valence-electron chi connectivity index (χ0n) is 16.0. The van der Waals surface area contributed by atoms with Crippen LogP contribution in [0.4, 0.5) is 0 Å². The molecular formula is C20H28N4O2. The van der Waals surface area contributed by atoms with Gasteiger partial charge in [-0.25, -0.2) is 0 Å². The van der Waals surface area contributed by atoms with Crippen LogP contribution in [0.2, 0.25) is 0 Å². The van der Waals surface area contributed by atoms with Crippen LogP contribution in [0, 0.1) is 6.92 Å². The molecule has 1 aromatic heterocycles. The highest BCUT2D eigenvalue weighted by molar-refractivity contribution is 5.94. The SMILES string of the molecule is Cc1c(C(=O)NCc2ccc(CN3C[C@@H](C)O[C@@H](C)C3)cc2)cnn1C. The number of aromatic nitrogens is 2. The zero-order chi connectivity index (χ0) is 18.7. The Balaban J connectivity index is 1.53. The van der Waals surface area contributed by atoms with Gasteiger partial charge in [0.1, 0.15) is 0 Å². The number of amides is 1. The molecule has 1 N–H and O–H groups in total. The monoisotopic (exact) mass is 356 g/mol. The van der Waals surface area contributed by atoms with E-state index in [1.54, 1.807) is 10.9 Å². The predicted molar refractivity (Wildman–Crippen MR) is 101 cm³/mol. The van der Waals surface area contributed by atoms with Gasteiger partial charge in [0.2, 0.25) is 0 Å². The summed E-state index contributed by atoms with van der Waals surface area (Å²) in [4.78, 5) is 14.7. The summed E-state index contributed by atoms with van der Waals surface area (Å²) in [5.74, 6) is -0.0871. The highest BCUT2D eigenvalue weighted by atomic mass is 16.5. The Kier molecular flexibility index (Phi) is 5.74. The fourth-order valence-electron chi connectivity index (χ4n) is 3.43. The van der Waals surface area contributed by atoms with Gasteiger partial charge in [-0.1, -0.05) is 24.3 Å². The minimum Gasteiger partial charge on any atom is -0.373 e. The Morgan fingerprint density at radius 1 is 1.19 bits per heavy atom. The van der Waals surface area contributed by atoms with Crippen molar-refractivity contribution in [3.8, 4) is 0 Å². The van der Waals surface area contributed by atoms with E-state index < -0.39 is 0 Å². The Hall–Kier alpha value is -2.18. The molecule has 6 nitrogen and oxygen atoms in total. The number of ether oxygens (including phenoxy) is 1. The van der Waals surface area contributed by atoms with Crippen molar-refractivity contribution in [1.29, 1.82) is 0 Å². The van der Waals surface area contributed by atoms with Gasteiger partial charge in [-0.15, -0.1) is 0 Å². The molecule has 1 aliphatic heterocycles. The average molecular weight is 356 g/mol. The molecule has 1 saturated heterocycles. The standard InChI is InChI=1S/C20H28N4O2/c1-14-11-24(12-15(2)26-14)13-18-7-5-17(6-8-18)9-21-20(25)19-10-22-23(4)16(19)3/h5-8,10,14-15H,9,11-13H2,1-4H3,(H,21,25)/t14-,15+. The molecule has 1 aliphatic rings. The van der Waals surface area contributed by atoms with E-state index in [-0.39, 0.29) is 18.1 Å². The van der Waals surface area contributed by atoms with Gasteiger partial charge in [0.05, 0.1) is 24.0 Å². The van der Waals surface area contributed by atoms with Gasteiger partial charge in [0.25, 0.3) is 5.91 Å². The Labute approximate surface area is 155 Å². The molecule has 6 heteroatoms. The number of rotatable bonds is 5. The first-order valence-corrected chi connectivity index (χ1v) is 9.15. The average Bonchev–Trinajstić information content (AvgIpc) is 2.92. The second-order valence-corrected chi connectivity index (χ2v) is 7.22. The number of hydrogen-bond donors (Lipinski definition) is 1. The van der Waals surface area contributed by atoms with Crippen LogP contribution in [0.1, 0.15) is 41.0 Å². The second-order valence-electron chi connectivity index (χ2n) is 7.22. The molecule has 1 fully saturated rings. The van der Waals surface area contributed by atoms with Gasteiger partial charge in [0.15, 0.2) is 0 Å². The minimum atomic E-state index is -0.0871. The van der Waals surface area contributed by atoms with Gasteiger partial charge < -0.3 is 10.1 Å². The Morgan fingerprint density at radius 2 is 1.81 bits per heavy atom. The van der Waals surface area contributed by atoms with Crippen LogP contribution < -0.4 is 5.32 Å². The van der Waals surface area contributed by atoms with Gasteiger partial charge in [0, 0.05) is 38.9 Å². The quantitative estimate of drug-likeness (QED) is 0.893. The number of benzene rings is 1. The first-order chi connectivity index (χ1) is 12.4. The fourth-order valence-corrected chi connectivity index (χ4v) is 3.43. The molecule has 2 atom stereocenters. The fraction of sp³-hybridized carbons (Fsp3) is 0.500. The topological polar surface area (TPSA) is 59.4 Å². The number of nitrogens with one attached hydrogen (secondary N) is 1. The summed E-state index contributed by atoms with van der Waals surface area (Å²) in [5, 5.41) is 7.07. The van der Waals surface area contributed by atoms with Crippen LogP contribution >= 0.6 is 0 Å². The maximum atomic E-state index is 12.3. The highest BCUT2D eigenvalue weighted by Crippen LogP contribution is 2.15. The number of carbonyl (C=O) groups is 1. The molecule has 0 aliphatic carbocycles. The Morgan fingerprint density at radius 3 is 2.38 bits per heavy atom. The van der Waals surface area contributed by atoms with Crippen molar-refractivity contribution in [2.75, 3.05) is 13.1 Å².